The topological polar surface area (TPSA) is 74.6 Å². The molecule has 0 saturated carbocycles. The van der Waals surface area contributed by atoms with Gasteiger partial charge in [-0.15, -0.1) is 0 Å². The maximum absolute atomic E-state index is 8.74. The highest BCUT2D eigenvalue weighted by Crippen LogP contribution is 2.57. The Morgan fingerprint density at radius 2 is 1.00 bits per heavy atom. The summed E-state index contributed by atoms with van der Waals surface area (Å²) in [6, 6.07) is 0. The summed E-state index contributed by atoms with van der Waals surface area (Å²) < 4.78 is 31.6. The maximum atomic E-state index is 8.74. The minimum absolute atomic E-state index is 0.420. The molecular formula is C8H22O4PS+. The average molecular weight is 245 g/mol. The quantitative estimate of drug-likeness (QED) is 0.589. The molecule has 0 heterocycles. The van der Waals surface area contributed by atoms with Gasteiger partial charge in [-0.05, 0) is 27.7 Å². The van der Waals surface area contributed by atoms with Crippen LogP contribution in [0.15, 0.2) is 0 Å². The molecule has 0 aliphatic heterocycles. The monoisotopic (exact) mass is 245 g/mol. The molecule has 4 nitrogen and oxygen atoms in total. The third-order valence-electron chi connectivity index (χ3n) is 2.68. The van der Waals surface area contributed by atoms with Crippen molar-refractivity contribution in [2.75, 3.05) is 24.6 Å². The van der Waals surface area contributed by atoms with Gasteiger partial charge >= 0.3 is 10.4 Å². The summed E-state index contributed by atoms with van der Waals surface area (Å²) in [5, 5.41) is 0. The van der Waals surface area contributed by atoms with Crippen molar-refractivity contribution in [1.82, 2.24) is 0 Å². The van der Waals surface area contributed by atoms with Crippen molar-refractivity contribution < 1.29 is 17.5 Å². The fourth-order valence-electron chi connectivity index (χ4n) is 1.34. The summed E-state index contributed by atoms with van der Waals surface area (Å²) in [4.78, 5) is 0. The van der Waals surface area contributed by atoms with E-state index in [0.29, 0.717) is 0 Å². The largest absolute Gasteiger partial charge is 0.394 e. The molecule has 0 aromatic rings. The lowest BCUT2D eigenvalue weighted by Gasteiger charge is -2.20. The van der Waals surface area contributed by atoms with Gasteiger partial charge in [-0.3, -0.25) is 9.11 Å². The Morgan fingerprint density at radius 3 is 1.00 bits per heavy atom. The predicted molar refractivity (Wildman–Crippen MR) is 63.3 cm³/mol. The summed E-state index contributed by atoms with van der Waals surface area (Å²) in [5.74, 6) is 0. The van der Waals surface area contributed by atoms with Gasteiger partial charge in [0.1, 0.15) is 0 Å². The van der Waals surface area contributed by atoms with Crippen molar-refractivity contribution in [2.45, 2.75) is 27.7 Å². The molecule has 0 fully saturated rings. The first kappa shape index (κ1) is 16.7. The average Bonchev–Trinajstić information content (AvgIpc) is 2.07. The Labute approximate surface area is 88.0 Å². The van der Waals surface area contributed by atoms with Gasteiger partial charge in [0.15, 0.2) is 0 Å². The zero-order valence-electron chi connectivity index (χ0n) is 9.39. The van der Waals surface area contributed by atoms with E-state index in [2.05, 4.69) is 27.7 Å². The van der Waals surface area contributed by atoms with Crippen molar-refractivity contribution >= 4 is 17.7 Å². The first-order chi connectivity index (χ1) is 6.24. The molecule has 88 valence electrons. The predicted octanol–water partition coefficient (Wildman–Crippen LogP) is 2.43. The van der Waals surface area contributed by atoms with Crippen LogP contribution in [0.4, 0.5) is 0 Å². The van der Waals surface area contributed by atoms with Crippen LogP contribution in [-0.4, -0.2) is 42.2 Å². The molecular weight excluding hydrogens is 223 g/mol. The van der Waals surface area contributed by atoms with Crippen LogP contribution < -0.4 is 0 Å². The van der Waals surface area contributed by atoms with Crippen LogP contribution in [0, 0.1) is 0 Å². The summed E-state index contributed by atoms with van der Waals surface area (Å²) in [6.45, 7) is 9.41. The molecule has 0 aliphatic carbocycles. The first-order valence-electron chi connectivity index (χ1n) is 4.79. The summed E-state index contributed by atoms with van der Waals surface area (Å²) in [7, 11) is -5.09. The summed E-state index contributed by atoms with van der Waals surface area (Å²) in [5.41, 5.74) is 0. The lowest BCUT2D eigenvalue weighted by atomic mass is 10.9. The number of hydrogen-bond donors (Lipinski definition) is 2. The van der Waals surface area contributed by atoms with Crippen LogP contribution in [0.25, 0.3) is 0 Å². The molecule has 0 aromatic carbocycles. The van der Waals surface area contributed by atoms with E-state index in [1.54, 1.807) is 0 Å². The Bertz CT molecular complexity index is 196. The Hall–Kier alpha value is 0.300. The van der Waals surface area contributed by atoms with Gasteiger partial charge in [-0.25, -0.2) is 0 Å². The highest BCUT2D eigenvalue weighted by atomic mass is 32.3. The molecule has 14 heavy (non-hydrogen) atoms. The van der Waals surface area contributed by atoms with Crippen molar-refractivity contribution in [2.24, 2.45) is 0 Å². The third-order valence-corrected chi connectivity index (χ3v) is 8.05. The maximum Gasteiger partial charge on any atom is 0.394 e. The second-order valence-electron chi connectivity index (χ2n) is 3.05. The second-order valence-corrected chi connectivity index (χ2v) is 9.16. The zero-order valence-corrected chi connectivity index (χ0v) is 11.1. The Balaban J connectivity index is 0. The van der Waals surface area contributed by atoms with Gasteiger partial charge < -0.3 is 0 Å². The number of hydrogen-bond acceptors (Lipinski definition) is 2. The molecule has 0 rings (SSSR count). The lowest BCUT2D eigenvalue weighted by Crippen LogP contribution is -2.04. The van der Waals surface area contributed by atoms with Crippen LogP contribution in [0.2, 0.25) is 0 Å². The fraction of sp³-hybridized carbons (Fsp3) is 1.00. The lowest BCUT2D eigenvalue weighted by molar-refractivity contribution is 0.381. The van der Waals surface area contributed by atoms with Gasteiger partial charge in [0.2, 0.25) is 0 Å². The standard InChI is InChI=1S/C8H20P.H2O4S/c1-5-9(6-2,7-3)8-4;1-5(2,3)4/h5-8H2,1-4H3;(H2,1,2,3,4)/q+1;. The summed E-state index contributed by atoms with van der Waals surface area (Å²) >= 11 is 0. The minimum Gasteiger partial charge on any atom is -0.264 e. The molecule has 0 bridgehead atoms. The van der Waals surface area contributed by atoms with E-state index in [9.17, 15) is 0 Å². The number of rotatable bonds is 4. The SMILES string of the molecule is CC[P+](CC)(CC)CC.O=S(=O)(O)O. The van der Waals surface area contributed by atoms with Gasteiger partial charge in [-0.2, -0.15) is 8.42 Å². The highest BCUT2D eigenvalue weighted by Gasteiger charge is 2.27. The normalized spacial score (nSPS) is 11.9. The molecule has 0 saturated heterocycles. The fourth-order valence-corrected chi connectivity index (χ4v) is 4.02. The van der Waals surface area contributed by atoms with Gasteiger partial charge in [0, 0.05) is 7.26 Å². The Morgan fingerprint density at radius 1 is 0.857 bits per heavy atom. The van der Waals surface area contributed by atoms with Crippen LogP contribution in [-0.2, 0) is 10.4 Å². The van der Waals surface area contributed by atoms with E-state index in [1.807, 2.05) is 0 Å². The van der Waals surface area contributed by atoms with E-state index < -0.39 is 17.7 Å². The Kier molecular flexibility index (Phi) is 9.04. The van der Waals surface area contributed by atoms with Crippen LogP contribution in [0.1, 0.15) is 27.7 Å². The molecule has 0 spiro atoms. The minimum atomic E-state index is -4.67. The molecule has 2 N–H and O–H groups in total. The van der Waals surface area contributed by atoms with Crippen molar-refractivity contribution in [3.8, 4) is 0 Å². The van der Waals surface area contributed by atoms with Gasteiger partial charge in [-0.1, -0.05) is 0 Å². The van der Waals surface area contributed by atoms with E-state index >= 15 is 0 Å². The van der Waals surface area contributed by atoms with Crippen LogP contribution in [0.5, 0.6) is 0 Å². The van der Waals surface area contributed by atoms with Crippen LogP contribution >= 0.6 is 7.26 Å². The zero-order chi connectivity index (χ0) is 11.8. The van der Waals surface area contributed by atoms with Crippen molar-refractivity contribution in [1.29, 1.82) is 0 Å². The molecule has 0 unspecified atom stereocenters. The molecule has 6 heteroatoms. The van der Waals surface area contributed by atoms with E-state index in [-0.39, 0.29) is 0 Å². The van der Waals surface area contributed by atoms with E-state index in [0.717, 1.165) is 0 Å². The molecule has 0 aromatic heterocycles. The van der Waals surface area contributed by atoms with Gasteiger partial charge in [0.25, 0.3) is 0 Å². The van der Waals surface area contributed by atoms with Gasteiger partial charge in [0.05, 0.1) is 24.6 Å². The molecule has 0 amide bonds. The molecule has 0 aliphatic rings. The van der Waals surface area contributed by atoms with E-state index in [1.165, 1.54) is 24.6 Å². The van der Waals surface area contributed by atoms with Crippen molar-refractivity contribution in [3.05, 3.63) is 0 Å². The van der Waals surface area contributed by atoms with Crippen LogP contribution in [0.3, 0.4) is 0 Å². The molecule has 0 atom stereocenters. The highest BCUT2D eigenvalue weighted by molar-refractivity contribution is 7.79. The van der Waals surface area contributed by atoms with E-state index in [4.69, 9.17) is 17.5 Å². The molecule has 0 radical (unpaired) electrons. The second kappa shape index (κ2) is 7.57. The first-order valence-corrected chi connectivity index (χ1v) is 8.72. The smallest absolute Gasteiger partial charge is 0.264 e. The van der Waals surface area contributed by atoms with Crippen molar-refractivity contribution in [3.63, 3.8) is 0 Å². The third kappa shape index (κ3) is 10.4. The summed E-state index contributed by atoms with van der Waals surface area (Å²) in [6.07, 6.45) is 5.82.